The number of hydrogen-bond acceptors (Lipinski definition) is 5. The van der Waals surface area contributed by atoms with Crippen molar-refractivity contribution >= 4 is 16.0 Å². The Morgan fingerprint density at radius 2 is 1.85 bits per heavy atom. The second-order valence-electron chi connectivity index (χ2n) is 7.26. The Morgan fingerprint density at radius 1 is 1.23 bits per heavy atom. The molecule has 0 aromatic carbocycles. The molecule has 1 heterocycles. The smallest absolute Gasteiger partial charge is 0.216 e. The quantitative estimate of drug-likeness (QED) is 0.460. The summed E-state index contributed by atoms with van der Waals surface area (Å²) in [7, 11) is -1.60. The molecule has 0 amide bonds. The summed E-state index contributed by atoms with van der Waals surface area (Å²) >= 11 is 0. The minimum Gasteiger partial charge on any atom is -0.378 e. The van der Waals surface area contributed by atoms with Gasteiger partial charge >= 0.3 is 0 Å². The Hall–Kier alpha value is -0.900. The molecular weight excluding hydrogens is 356 g/mol. The van der Waals surface area contributed by atoms with Gasteiger partial charge in [-0.1, -0.05) is 0 Å². The van der Waals surface area contributed by atoms with Gasteiger partial charge in [0.05, 0.1) is 30.6 Å². The number of nitrogens with one attached hydrogen (secondary N) is 1. The van der Waals surface area contributed by atoms with Gasteiger partial charge in [-0.15, -0.1) is 0 Å². The van der Waals surface area contributed by atoms with Crippen LogP contribution in [0, 0.1) is 0 Å². The summed E-state index contributed by atoms with van der Waals surface area (Å²) in [6, 6.07) is 0. The third-order valence-electron chi connectivity index (χ3n) is 4.22. The molecule has 0 bridgehead atoms. The van der Waals surface area contributed by atoms with Crippen molar-refractivity contribution in [1.82, 2.24) is 14.5 Å². The van der Waals surface area contributed by atoms with Gasteiger partial charge in [-0.3, -0.25) is 4.99 Å². The molecule has 0 spiro atoms. The molecule has 0 aromatic rings. The highest BCUT2D eigenvalue weighted by molar-refractivity contribution is 7.89. The minimum absolute atomic E-state index is 0.0291. The lowest BCUT2D eigenvalue weighted by Gasteiger charge is -2.36. The molecule has 0 saturated carbocycles. The largest absolute Gasteiger partial charge is 0.378 e. The van der Waals surface area contributed by atoms with Crippen LogP contribution >= 0.6 is 0 Å². The maximum atomic E-state index is 12.4. The third-order valence-corrected chi connectivity index (χ3v) is 6.06. The molecule has 8 nitrogen and oxygen atoms in total. The first-order valence-electron chi connectivity index (χ1n) is 9.29. The second kappa shape index (κ2) is 10.4. The van der Waals surface area contributed by atoms with E-state index in [9.17, 15) is 8.42 Å². The van der Waals surface area contributed by atoms with E-state index in [1.165, 1.54) is 0 Å². The second-order valence-corrected chi connectivity index (χ2v) is 9.34. The highest BCUT2D eigenvalue weighted by Crippen LogP contribution is 2.11. The number of ether oxygens (including phenoxy) is 2. The Labute approximate surface area is 159 Å². The Balaban J connectivity index is 2.62. The van der Waals surface area contributed by atoms with E-state index < -0.39 is 10.0 Å². The van der Waals surface area contributed by atoms with Crippen molar-refractivity contribution in [3.63, 3.8) is 0 Å². The molecule has 0 atom stereocenters. The van der Waals surface area contributed by atoms with Crippen LogP contribution in [0.5, 0.6) is 0 Å². The first kappa shape index (κ1) is 23.1. The first-order valence-corrected chi connectivity index (χ1v) is 10.9. The molecule has 26 heavy (non-hydrogen) atoms. The summed E-state index contributed by atoms with van der Waals surface area (Å²) in [5.74, 6) is 0.833. The van der Waals surface area contributed by atoms with Crippen LogP contribution in [0.2, 0.25) is 0 Å². The van der Waals surface area contributed by atoms with Crippen LogP contribution in [0.4, 0.5) is 0 Å². The van der Waals surface area contributed by atoms with E-state index in [-0.39, 0.29) is 24.1 Å². The van der Waals surface area contributed by atoms with Gasteiger partial charge < -0.3 is 19.7 Å². The van der Waals surface area contributed by atoms with Crippen molar-refractivity contribution in [2.45, 2.75) is 46.3 Å². The predicted molar refractivity (Wildman–Crippen MR) is 105 cm³/mol. The van der Waals surface area contributed by atoms with Gasteiger partial charge in [0.2, 0.25) is 10.0 Å². The van der Waals surface area contributed by atoms with Crippen LogP contribution < -0.4 is 5.32 Å². The van der Waals surface area contributed by atoms with Gasteiger partial charge in [-0.2, -0.15) is 4.31 Å². The highest BCUT2D eigenvalue weighted by Gasteiger charge is 2.28. The van der Waals surface area contributed by atoms with E-state index in [0.29, 0.717) is 32.7 Å². The van der Waals surface area contributed by atoms with Crippen LogP contribution in [0.15, 0.2) is 4.99 Å². The van der Waals surface area contributed by atoms with E-state index >= 15 is 0 Å². The average molecular weight is 393 g/mol. The van der Waals surface area contributed by atoms with Gasteiger partial charge in [-0.05, 0) is 34.6 Å². The zero-order valence-corrected chi connectivity index (χ0v) is 17.9. The Morgan fingerprint density at radius 3 is 2.35 bits per heavy atom. The summed E-state index contributed by atoms with van der Waals surface area (Å²) in [5.41, 5.74) is -0.331. The van der Waals surface area contributed by atoms with Crippen LogP contribution in [0.3, 0.4) is 0 Å². The molecule has 154 valence electrons. The molecule has 1 fully saturated rings. The SMILES string of the molecule is CCNC(=NCC(C)(C)OC)N1CCN(S(=O)(=O)CCOC(C)C)CC1. The fourth-order valence-corrected chi connectivity index (χ4v) is 3.74. The zero-order valence-electron chi connectivity index (χ0n) is 17.1. The summed E-state index contributed by atoms with van der Waals surface area (Å²) in [6.07, 6.45) is 0.0392. The molecule has 0 radical (unpaired) electrons. The van der Waals surface area contributed by atoms with Gasteiger partial charge in [0.15, 0.2) is 5.96 Å². The number of aliphatic imine (C=N–C) groups is 1. The van der Waals surface area contributed by atoms with E-state index in [0.717, 1.165) is 12.5 Å². The van der Waals surface area contributed by atoms with Crippen LogP contribution in [-0.4, -0.2) is 94.0 Å². The molecule has 1 aliphatic heterocycles. The Kier molecular flexibility index (Phi) is 9.29. The number of guanidine groups is 1. The van der Waals surface area contributed by atoms with Crippen molar-refractivity contribution in [3.8, 4) is 0 Å². The minimum atomic E-state index is -3.28. The standard InChI is InChI=1S/C17H36N4O4S/c1-7-18-16(19-14-17(4,5)24-6)20-8-10-21(11-9-20)26(22,23)13-12-25-15(2)3/h15H,7-14H2,1-6H3,(H,18,19). The number of hydrogen-bond donors (Lipinski definition) is 1. The van der Waals surface area contributed by atoms with Crippen molar-refractivity contribution < 1.29 is 17.9 Å². The lowest BCUT2D eigenvalue weighted by Crippen LogP contribution is -2.54. The van der Waals surface area contributed by atoms with E-state index in [1.54, 1.807) is 11.4 Å². The maximum absolute atomic E-state index is 12.4. The molecule has 1 N–H and O–H groups in total. The van der Waals surface area contributed by atoms with Gasteiger partial charge in [0.25, 0.3) is 0 Å². The van der Waals surface area contributed by atoms with Gasteiger partial charge in [-0.25, -0.2) is 8.42 Å². The van der Waals surface area contributed by atoms with Crippen molar-refractivity contribution in [2.75, 3.05) is 58.7 Å². The summed E-state index contributed by atoms with van der Waals surface area (Å²) in [6.45, 7) is 13.5. The van der Waals surface area contributed by atoms with E-state index in [4.69, 9.17) is 9.47 Å². The molecular formula is C17H36N4O4S. The maximum Gasteiger partial charge on any atom is 0.216 e. The van der Waals surface area contributed by atoms with E-state index in [2.05, 4.69) is 15.2 Å². The molecule has 0 aromatic heterocycles. The molecule has 0 aliphatic carbocycles. The highest BCUT2D eigenvalue weighted by atomic mass is 32.2. The molecule has 1 rings (SSSR count). The number of rotatable bonds is 9. The molecule has 0 unspecified atom stereocenters. The summed E-state index contributed by atoms with van der Waals surface area (Å²) < 4.78 is 37.2. The number of sulfonamides is 1. The number of piperazine rings is 1. The van der Waals surface area contributed by atoms with Crippen LogP contribution in [0.1, 0.15) is 34.6 Å². The normalized spacial score (nSPS) is 17.8. The average Bonchev–Trinajstić information content (AvgIpc) is 2.58. The summed E-state index contributed by atoms with van der Waals surface area (Å²) in [5, 5.41) is 3.28. The van der Waals surface area contributed by atoms with Gasteiger partial charge in [0.1, 0.15) is 0 Å². The lowest BCUT2D eigenvalue weighted by molar-refractivity contribution is 0.0308. The van der Waals surface area contributed by atoms with Crippen molar-refractivity contribution in [3.05, 3.63) is 0 Å². The third kappa shape index (κ3) is 7.77. The van der Waals surface area contributed by atoms with Crippen molar-refractivity contribution in [2.24, 2.45) is 4.99 Å². The van der Waals surface area contributed by atoms with Gasteiger partial charge in [0, 0.05) is 39.8 Å². The number of nitrogens with zero attached hydrogens (tertiary/aromatic N) is 3. The fraction of sp³-hybridized carbons (Fsp3) is 0.941. The first-order chi connectivity index (χ1) is 12.1. The fourth-order valence-electron chi connectivity index (χ4n) is 2.45. The molecule has 9 heteroatoms. The topological polar surface area (TPSA) is 83.5 Å². The Bertz CT molecular complexity index is 541. The van der Waals surface area contributed by atoms with Crippen molar-refractivity contribution in [1.29, 1.82) is 0 Å². The lowest BCUT2D eigenvalue weighted by atomic mass is 10.1. The number of methoxy groups -OCH3 is 1. The monoisotopic (exact) mass is 392 g/mol. The van der Waals surface area contributed by atoms with Crippen LogP contribution in [-0.2, 0) is 19.5 Å². The summed E-state index contributed by atoms with van der Waals surface area (Å²) in [4.78, 5) is 6.76. The molecule has 1 aliphatic rings. The van der Waals surface area contributed by atoms with Crippen LogP contribution in [0.25, 0.3) is 0 Å². The zero-order chi connectivity index (χ0) is 19.8. The molecule has 1 saturated heterocycles. The predicted octanol–water partition coefficient (Wildman–Crippen LogP) is 0.749. The van der Waals surface area contributed by atoms with E-state index in [1.807, 2.05) is 34.6 Å².